The van der Waals surface area contributed by atoms with Crippen LogP contribution >= 0.6 is 0 Å². The standard InChI is InChI=1S/C15H21N3O5S/c1-23-13(19)10-17-24(21,22)12-6-4-5-11(9-12)18-14(20)15(16)7-2-3-8-15/h4-6,9,17H,2-3,7-8,10,16H2,1H3,(H,18,20). The van der Waals surface area contributed by atoms with Crippen molar-refractivity contribution in [1.29, 1.82) is 0 Å². The van der Waals surface area contributed by atoms with Crippen LogP contribution in [0.3, 0.4) is 0 Å². The Labute approximate surface area is 140 Å². The van der Waals surface area contributed by atoms with Gasteiger partial charge in [-0.2, -0.15) is 4.72 Å². The van der Waals surface area contributed by atoms with Crippen LogP contribution in [0.5, 0.6) is 0 Å². The summed E-state index contributed by atoms with van der Waals surface area (Å²) in [5, 5.41) is 2.67. The van der Waals surface area contributed by atoms with Crippen molar-refractivity contribution in [2.45, 2.75) is 36.1 Å². The van der Waals surface area contributed by atoms with Crippen LogP contribution in [-0.4, -0.2) is 39.5 Å². The summed E-state index contributed by atoms with van der Waals surface area (Å²) < 4.78 is 30.8. The molecule has 1 fully saturated rings. The first-order valence-electron chi connectivity index (χ1n) is 7.54. The summed E-state index contributed by atoms with van der Waals surface area (Å²) >= 11 is 0. The second-order valence-electron chi connectivity index (χ2n) is 5.75. The second kappa shape index (κ2) is 7.29. The van der Waals surface area contributed by atoms with Gasteiger partial charge in [0.2, 0.25) is 15.9 Å². The number of hydrogen-bond donors (Lipinski definition) is 3. The predicted molar refractivity (Wildman–Crippen MR) is 87.7 cm³/mol. The van der Waals surface area contributed by atoms with Gasteiger partial charge in [-0.1, -0.05) is 18.9 Å². The molecule has 1 aliphatic rings. The fraction of sp³-hybridized carbons (Fsp3) is 0.467. The quantitative estimate of drug-likeness (QED) is 0.632. The van der Waals surface area contributed by atoms with E-state index in [-0.39, 0.29) is 10.8 Å². The van der Waals surface area contributed by atoms with Crippen LogP contribution in [-0.2, 0) is 24.3 Å². The molecule has 132 valence electrons. The first kappa shape index (κ1) is 18.4. The minimum absolute atomic E-state index is 0.0679. The van der Waals surface area contributed by atoms with Crippen molar-refractivity contribution in [3.8, 4) is 0 Å². The maximum absolute atomic E-state index is 12.3. The van der Waals surface area contributed by atoms with E-state index in [1.807, 2.05) is 0 Å². The van der Waals surface area contributed by atoms with Crippen LogP contribution in [0.2, 0.25) is 0 Å². The molecule has 24 heavy (non-hydrogen) atoms. The molecule has 1 aliphatic carbocycles. The van der Waals surface area contributed by atoms with Crippen LogP contribution in [0.1, 0.15) is 25.7 Å². The number of nitrogens with two attached hydrogens (primary N) is 1. The molecular weight excluding hydrogens is 334 g/mol. The van der Waals surface area contributed by atoms with E-state index < -0.39 is 28.1 Å². The van der Waals surface area contributed by atoms with Crippen LogP contribution < -0.4 is 15.8 Å². The van der Waals surface area contributed by atoms with Gasteiger partial charge in [0.1, 0.15) is 6.54 Å². The molecule has 0 bridgehead atoms. The maximum atomic E-state index is 12.3. The van der Waals surface area contributed by atoms with Crippen molar-refractivity contribution >= 4 is 27.6 Å². The van der Waals surface area contributed by atoms with Crippen molar-refractivity contribution < 1.29 is 22.7 Å². The van der Waals surface area contributed by atoms with E-state index in [0.717, 1.165) is 12.8 Å². The lowest BCUT2D eigenvalue weighted by atomic mass is 9.98. The number of ether oxygens (including phenoxy) is 1. The Hall–Kier alpha value is -1.97. The SMILES string of the molecule is COC(=O)CNS(=O)(=O)c1cccc(NC(=O)C2(N)CCCC2)c1. The van der Waals surface area contributed by atoms with Gasteiger partial charge in [0, 0.05) is 5.69 Å². The average Bonchev–Trinajstić information content (AvgIpc) is 3.01. The number of carbonyl (C=O) groups excluding carboxylic acids is 2. The molecule has 0 aliphatic heterocycles. The summed E-state index contributed by atoms with van der Waals surface area (Å²) in [7, 11) is -2.73. The molecule has 0 heterocycles. The maximum Gasteiger partial charge on any atom is 0.320 e. The molecule has 0 spiro atoms. The summed E-state index contributed by atoms with van der Waals surface area (Å²) in [5.41, 5.74) is 5.50. The van der Waals surface area contributed by atoms with E-state index in [4.69, 9.17) is 5.73 Å². The molecule has 9 heteroatoms. The van der Waals surface area contributed by atoms with Gasteiger partial charge in [-0.05, 0) is 31.0 Å². The lowest BCUT2D eigenvalue weighted by Crippen LogP contribution is -2.48. The van der Waals surface area contributed by atoms with Crippen molar-refractivity contribution in [2.75, 3.05) is 19.0 Å². The van der Waals surface area contributed by atoms with E-state index in [2.05, 4.69) is 14.8 Å². The highest BCUT2D eigenvalue weighted by Gasteiger charge is 2.37. The zero-order valence-electron chi connectivity index (χ0n) is 13.4. The Morgan fingerprint density at radius 2 is 1.96 bits per heavy atom. The Kier molecular flexibility index (Phi) is 5.58. The number of methoxy groups -OCH3 is 1. The summed E-state index contributed by atoms with van der Waals surface area (Å²) in [6, 6.07) is 5.76. The van der Waals surface area contributed by atoms with Gasteiger partial charge in [-0.25, -0.2) is 8.42 Å². The molecule has 1 aromatic carbocycles. The molecule has 1 saturated carbocycles. The number of amides is 1. The molecule has 2 rings (SSSR count). The average molecular weight is 355 g/mol. The topological polar surface area (TPSA) is 128 Å². The number of carbonyl (C=O) groups is 2. The highest BCUT2D eigenvalue weighted by Crippen LogP contribution is 2.28. The van der Waals surface area contributed by atoms with Gasteiger partial charge in [-0.15, -0.1) is 0 Å². The number of benzene rings is 1. The fourth-order valence-electron chi connectivity index (χ4n) is 2.54. The lowest BCUT2D eigenvalue weighted by Gasteiger charge is -2.22. The lowest BCUT2D eigenvalue weighted by molar-refractivity contribution is -0.139. The van der Waals surface area contributed by atoms with Crippen molar-refractivity contribution in [3.63, 3.8) is 0 Å². The van der Waals surface area contributed by atoms with Gasteiger partial charge in [-0.3, -0.25) is 9.59 Å². The van der Waals surface area contributed by atoms with E-state index in [1.165, 1.54) is 25.3 Å². The van der Waals surface area contributed by atoms with Gasteiger partial charge in [0.05, 0.1) is 17.5 Å². The Bertz CT molecular complexity index is 726. The van der Waals surface area contributed by atoms with Crippen LogP contribution in [0.15, 0.2) is 29.2 Å². The third-order valence-electron chi connectivity index (χ3n) is 3.98. The zero-order valence-corrected chi connectivity index (χ0v) is 14.2. The largest absolute Gasteiger partial charge is 0.468 e. The minimum atomic E-state index is -3.89. The van der Waals surface area contributed by atoms with Crippen LogP contribution in [0, 0.1) is 0 Å². The monoisotopic (exact) mass is 355 g/mol. The molecular formula is C15H21N3O5S. The van der Waals surface area contributed by atoms with Crippen molar-refractivity contribution in [1.82, 2.24) is 4.72 Å². The first-order chi connectivity index (χ1) is 11.3. The number of nitrogens with one attached hydrogen (secondary N) is 2. The second-order valence-corrected chi connectivity index (χ2v) is 7.51. The molecule has 0 saturated heterocycles. The van der Waals surface area contributed by atoms with Gasteiger partial charge >= 0.3 is 5.97 Å². The smallest absolute Gasteiger partial charge is 0.320 e. The molecule has 0 radical (unpaired) electrons. The van der Waals surface area contributed by atoms with Gasteiger partial charge in [0.15, 0.2) is 0 Å². The Balaban J connectivity index is 2.11. The molecule has 1 aromatic rings. The van der Waals surface area contributed by atoms with E-state index in [1.54, 1.807) is 6.07 Å². The number of anilines is 1. The molecule has 0 atom stereocenters. The van der Waals surface area contributed by atoms with Crippen molar-refractivity contribution in [3.05, 3.63) is 24.3 Å². The highest BCUT2D eigenvalue weighted by molar-refractivity contribution is 7.89. The van der Waals surface area contributed by atoms with E-state index in [9.17, 15) is 18.0 Å². The Morgan fingerprint density at radius 1 is 1.29 bits per heavy atom. The normalized spacial score (nSPS) is 16.6. The number of sulfonamides is 1. The third-order valence-corrected chi connectivity index (χ3v) is 5.38. The number of rotatable bonds is 6. The Morgan fingerprint density at radius 3 is 2.58 bits per heavy atom. The van der Waals surface area contributed by atoms with Crippen LogP contribution in [0.25, 0.3) is 0 Å². The van der Waals surface area contributed by atoms with Gasteiger partial charge in [0.25, 0.3) is 0 Å². The highest BCUT2D eigenvalue weighted by atomic mass is 32.2. The zero-order chi connectivity index (χ0) is 17.8. The van der Waals surface area contributed by atoms with Crippen molar-refractivity contribution in [2.24, 2.45) is 5.73 Å². The summed E-state index contributed by atoms with van der Waals surface area (Å²) in [4.78, 5) is 23.3. The molecule has 0 unspecified atom stereocenters. The summed E-state index contributed by atoms with van der Waals surface area (Å²) in [6.07, 6.45) is 3.01. The third kappa shape index (κ3) is 4.31. The number of hydrogen-bond acceptors (Lipinski definition) is 6. The molecule has 4 N–H and O–H groups in total. The molecule has 8 nitrogen and oxygen atoms in total. The van der Waals surface area contributed by atoms with Crippen LogP contribution in [0.4, 0.5) is 5.69 Å². The van der Waals surface area contributed by atoms with E-state index >= 15 is 0 Å². The molecule has 0 aromatic heterocycles. The fourth-order valence-corrected chi connectivity index (χ4v) is 3.55. The van der Waals surface area contributed by atoms with E-state index in [0.29, 0.717) is 18.5 Å². The minimum Gasteiger partial charge on any atom is -0.468 e. The van der Waals surface area contributed by atoms with Gasteiger partial charge < -0.3 is 15.8 Å². The molecule has 1 amide bonds. The summed E-state index contributed by atoms with van der Waals surface area (Å²) in [6.45, 7) is -0.471. The number of esters is 1. The predicted octanol–water partition coefficient (Wildman–Crippen LogP) is 0.348. The first-order valence-corrected chi connectivity index (χ1v) is 9.02. The summed E-state index contributed by atoms with van der Waals surface area (Å²) in [5.74, 6) is -1.02.